The summed E-state index contributed by atoms with van der Waals surface area (Å²) in [4.78, 5) is 11.3. The van der Waals surface area contributed by atoms with Crippen molar-refractivity contribution >= 4 is 16.2 Å². The van der Waals surface area contributed by atoms with Crippen molar-refractivity contribution in [1.29, 1.82) is 0 Å². The number of hydrogen-bond donors (Lipinski definition) is 2. The second kappa shape index (κ2) is 6.18. The smallest absolute Gasteiger partial charge is 0.407 e. The van der Waals surface area contributed by atoms with Gasteiger partial charge in [0.1, 0.15) is 5.60 Å². The molecule has 2 N–H and O–H groups in total. The first kappa shape index (κ1) is 16.1. The number of aliphatic hydroxyl groups is 1. The molecule has 1 unspecified atom stereocenters. The third-order valence-corrected chi connectivity index (χ3v) is 2.39. The fourth-order valence-electron chi connectivity index (χ4n) is 0.970. The van der Waals surface area contributed by atoms with Gasteiger partial charge in [0.25, 0.3) is 0 Å². The number of rotatable bonds is 5. The van der Waals surface area contributed by atoms with Crippen molar-refractivity contribution in [2.45, 2.75) is 38.8 Å². The minimum Gasteiger partial charge on any atom is -0.748 e. The largest absolute Gasteiger partial charge is 0.748 e. The molecule has 0 bridgehead atoms. The highest BCUT2D eigenvalue weighted by molar-refractivity contribution is 7.85. The van der Waals surface area contributed by atoms with Crippen LogP contribution in [-0.2, 0) is 14.9 Å². The van der Waals surface area contributed by atoms with Crippen LogP contribution >= 0.6 is 0 Å². The summed E-state index contributed by atoms with van der Waals surface area (Å²) in [6, 6.07) is -0.812. The minimum absolute atomic E-state index is 0.151. The quantitative estimate of drug-likeness (QED) is 0.667. The molecule has 0 heterocycles. The average Bonchev–Trinajstić information content (AvgIpc) is 2.07. The Morgan fingerprint density at radius 3 is 2.35 bits per heavy atom. The fourth-order valence-corrected chi connectivity index (χ4v) is 1.54. The molecule has 0 rings (SSSR count). The van der Waals surface area contributed by atoms with Crippen molar-refractivity contribution in [2.24, 2.45) is 0 Å². The van der Waals surface area contributed by atoms with Crippen LogP contribution < -0.4 is 5.32 Å². The van der Waals surface area contributed by atoms with Crippen molar-refractivity contribution < 1.29 is 27.6 Å². The van der Waals surface area contributed by atoms with Gasteiger partial charge in [-0.05, 0) is 27.2 Å². The van der Waals surface area contributed by atoms with Gasteiger partial charge in [0, 0.05) is 5.75 Å². The Bertz CT molecular complexity index is 345. The molecule has 17 heavy (non-hydrogen) atoms. The molecule has 0 aromatic carbocycles. The van der Waals surface area contributed by atoms with E-state index >= 15 is 0 Å². The molecule has 0 aromatic rings. The predicted molar refractivity (Wildman–Crippen MR) is 59.4 cm³/mol. The first-order chi connectivity index (χ1) is 7.53. The molecule has 7 nitrogen and oxygen atoms in total. The zero-order valence-corrected chi connectivity index (χ0v) is 10.9. The van der Waals surface area contributed by atoms with E-state index in [1.807, 2.05) is 0 Å². The number of carbonyl (C=O) groups excluding carboxylic acids is 1. The van der Waals surface area contributed by atoms with Crippen LogP contribution in [-0.4, -0.2) is 48.2 Å². The molecular formula is C9H18NO6S-. The molecule has 0 aromatic heterocycles. The lowest BCUT2D eigenvalue weighted by Crippen LogP contribution is -2.41. The summed E-state index contributed by atoms with van der Waals surface area (Å²) < 4.78 is 36.1. The van der Waals surface area contributed by atoms with E-state index in [9.17, 15) is 17.8 Å². The van der Waals surface area contributed by atoms with E-state index in [4.69, 9.17) is 9.84 Å². The highest BCUT2D eigenvalue weighted by atomic mass is 32.2. The molecule has 0 fully saturated rings. The normalized spacial score (nSPS) is 14.2. The standard InChI is InChI=1S/C9H19NO6S/c1-9(2,3)16-8(12)10-7(6-11)4-5-17(13,14)15/h7,11H,4-6H2,1-3H3,(H,10,12)(H,13,14,15)/p-1. The zero-order valence-electron chi connectivity index (χ0n) is 10.1. The second-order valence-corrected chi connectivity index (χ2v) is 6.10. The second-order valence-electron chi connectivity index (χ2n) is 4.58. The van der Waals surface area contributed by atoms with Gasteiger partial charge in [0.15, 0.2) is 0 Å². The van der Waals surface area contributed by atoms with Crippen LogP contribution in [0.25, 0.3) is 0 Å². The van der Waals surface area contributed by atoms with Crippen LogP contribution in [0.5, 0.6) is 0 Å². The molecule has 0 radical (unpaired) electrons. The number of amides is 1. The van der Waals surface area contributed by atoms with E-state index in [1.165, 1.54) is 0 Å². The summed E-state index contributed by atoms with van der Waals surface area (Å²) >= 11 is 0. The van der Waals surface area contributed by atoms with Crippen LogP contribution in [0.2, 0.25) is 0 Å². The van der Waals surface area contributed by atoms with Gasteiger partial charge >= 0.3 is 6.09 Å². The van der Waals surface area contributed by atoms with Gasteiger partial charge in [-0.15, -0.1) is 0 Å². The van der Waals surface area contributed by atoms with Crippen molar-refractivity contribution in [1.82, 2.24) is 5.32 Å². The van der Waals surface area contributed by atoms with Gasteiger partial charge in [0.05, 0.1) is 22.8 Å². The summed E-state index contributed by atoms with van der Waals surface area (Å²) in [5, 5.41) is 11.2. The van der Waals surface area contributed by atoms with Crippen molar-refractivity contribution in [3.8, 4) is 0 Å². The molecule has 102 valence electrons. The maximum absolute atomic E-state index is 11.3. The maximum atomic E-state index is 11.3. The van der Waals surface area contributed by atoms with Crippen LogP contribution in [0.3, 0.4) is 0 Å². The Labute approximate surface area is 101 Å². The van der Waals surface area contributed by atoms with Crippen molar-refractivity contribution in [3.05, 3.63) is 0 Å². The van der Waals surface area contributed by atoms with Gasteiger partial charge in [-0.2, -0.15) is 0 Å². The first-order valence-corrected chi connectivity index (χ1v) is 6.65. The van der Waals surface area contributed by atoms with Crippen molar-refractivity contribution in [3.63, 3.8) is 0 Å². The topological polar surface area (TPSA) is 116 Å². The van der Waals surface area contributed by atoms with Gasteiger partial charge in [-0.1, -0.05) is 0 Å². The average molecular weight is 268 g/mol. The highest BCUT2D eigenvalue weighted by Crippen LogP contribution is 2.07. The van der Waals surface area contributed by atoms with Crippen LogP contribution in [0.4, 0.5) is 4.79 Å². The summed E-state index contributed by atoms with van der Waals surface area (Å²) in [5.41, 5.74) is -0.686. The number of ether oxygens (including phenoxy) is 1. The fraction of sp³-hybridized carbons (Fsp3) is 0.889. The number of nitrogens with one attached hydrogen (secondary N) is 1. The molecule has 0 spiro atoms. The van der Waals surface area contributed by atoms with Crippen LogP contribution in [0.15, 0.2) is 0 Å². The predicted octanol–water partition coefficient (Wildman–Crippen LogP) is -0.193. The Hall–Kier alpha value is -0.860. The third kappa shape index (κ3) is 10.0. The Morgan fingerprint density at radius 1 is 1.47 bits per heavy atom. The Kier molecular flexibility index (Phi) is 5.86. The van der Waals surface area contributed by atoms with E-state index in [2.05, 4.69) is 5.32 Å². The minimum atomic E-state index is -4.35. The third-order valence-electron chi connectivity index (χ3n) is 1.66. The number of carbonyl (C=O) groups is 1. The Balaban J connectivity index is 4.18. The van der Waals surface area contributed by atoms with Crippen LogP contribution in [0, 0.1) is 0 Å². The van der Waals surface area contributed by atoms with Gasteiger partial charge in [-0.3, -0.25) is 0 Å². The molecule has 0 aliphatic rings. The molecule has 0 saturated carbocycles. The lowest BCUT2D eigenvalue weighted by Gasteiger charge is -2.23. The number of alkyl carbamates (subject to hydrolysis) is 1. The lowest BCUT2D eigenvalue weighted by molar-refractivity contribution is 0.0481. The maximum Gasteiger partial charge on any atom is 0.407 e. The number of hydrogen-bond acceptors (Lipinski definition) is 6. The molecule has 8 heteroatoms. The Morgan fingerprint density at radius 2 is 2.00 bits per heavy atom. The van der Waals surface area contributed by atoms with E-state index in [1.54, 1.807) is 20.8 Å². The highest BCUT2D eigenvalue weighted by Gasteiger charge is 2.19. The molecule has 0 saturated heterocycles. The molecular weight excluding hydrogens is 250 g/mol. The van der Waals surface area contributed by atoms with Crippen LogP contribution in [0.1, 0.15) is 27.2 Å². The van der Waals surface area contributed by atoms with E-state index in [0.717, 1.165) is 0 Å². The van der Waals surface area contributed by atoms with E-state index in [0.29, 0.717) is 0 Å². The SMILES string of the molecule is CC(C)(C)OC(=O)NC(CO)CCS(=O)(=O)[O-]. The van der Waals surface area contributed by atoms with E-state index < -0.39 is 40.2 Å². The van der Waals surface area contributed by atoms with Crippen molar-refractivity contribution in [2.75, 3.05) is 12.4 Å². The molecule has 1 atom stereocenters. The summed E-state index contributed by atoms with van der Waals surface area (Å²) in [5.74, 6) is -0.645. The number of aliphatic hydroxyl groups excluding tert-OH is 1. The molecule has 0 aliphatic carbocycles. The summed E-state index contributed by atoms with van der Waals surface area (Å²) in [7, 11) is -4.35. The van der Waals surface area contributed by atoms with E-state index in [-0.39, 0.29) is 6.42 Å². The zero-order chi connectivity index (χ0) is 13.7. The summed E-state index contributed by atoms with van der Waals surface area (Å²) in [6.07, 6.45) is -0.915. The monoisotopic (exact) mass is 268 g/mol. The van der Waals surface area contributed by atoms with Gasteiger partial charge in [-0.25, -0.2) is 13.2 Å². The van der Waals surface area contributed by atoms with Gasteiger partial charge < -0.3 is 19.7 Å². The summed E-state index contributed by atoms with van der Waals surface area (Å²) in [6.45, 7) is 4.54. The lowest BCUT2D eigenvalue weighted by atomic mass is 10.2. The molecule has 0 aliphatic heterocycles. The molecule has 1 amide bonds. The first-order valence-electron chi connectivity index (χ1n) is 5.07. The van der Waals surface area contributed by atoms with Gasteiger partial charge in [0.2, 0.25) is 0 Å².